The van der Waals surface area contributed by atoms with Gasteiger partial charge in [0.05, 0.1) is 13.2 Å². The molecule has 0 fully saturated rings. The van der Waals surface area contributed by atoms with Crippen LogP contribution in [-0.2, 0) is 0 Å². The molecule has 0 aliphatic heterocycles. The Hall–Kier alpha value is -1.33. The summed E-state index contributed by atoms with van der Waals surface area (Å²) >= 11 is 6.39. The monoisotopic (exact) mass is 294 g/mol. The van der Waals surface area contributed by atoms with E-state index in [1.807, 2.05) is 32.9 Å². The quantitative estimate of drug-likeness (QED) is 0.695. The van der Waals surface area contributed by atoms with Crippen molar-refractivity contribution in [1.29, 1.82) is 0 Å². The van der Waals surface area contributed by atoms with Crippen molar-refractivity contribution in [2.24, 2.45) is 5.92 Å². The van der Waals surface area contributed by atoms with Crippen molar-refractivity contribution < 1.29 is 9.47 Å². The molecule has 0 aliphatic rings. The zero-order valence-electron chi connectivity index (χ0n) is 12.9. The second kappa shape index (κ2) is 8.07. The molecular formula is C17H23ClO2. The lowest BCUT2D eigenvalue weighted by Crippen LogP contribution is -2.06. The van der Waals surface area contributed by atoms with Crippen LogP contribution in [0.2, 0.25) is 5.02 Å². The molecule has 2 unspecified atom stereocenters. The van der Waals surface area contributed by atoms with E-state index in [2.05, 4.69) is 25.7 Å². The van der Waals surface area contributed by atoms with Crippen molar-refractivity contribution in [3.63, 3.8) is 0 Å². The fourth-order valence-electron chi connectivity index (χ4n) is 2.06. The van der Waals surface area contributed by atoms with Gasteiger partial charge in [0.25, 0.3) is 0 Å². The Balaban J connectivity index is 3.18. The van der Waals surface area contributed by atoms with Crippen LogP contribution in [0.15, 0.2) is 12.1 Å². The zero-order chi connectivity index (χ0) is 15.1. The van der Waals surface area contributed by atoms with Gasteiger partial charge in [0.1, 0.15) is 0 Å². The third kappa shape index (κ3) is 4.08. The van der Waals surface area contributed by atoms with E-state index in [9.17, 15) is 0 Å². The largest absolute Gasteiger partial charge is 0.490 e. The van der Waals surface area contributed by atoms with E-state index in [1.54, 1.807) is 0 Å². The normalized spacial score (nSPS) is 13.1. The standard InChI is InChI=1S/C17H23ClO2/c1-6-9-12(4)13(5)14-10-16(19-7-2)17(20-8-3)11-15(14)18/h10-13H,7-8H2,1-5H3. The molecule has 20 heavy (non-hydrogen) atoms. The highest BCUT2D eigenvalue weighted by molar-refractivity contribution is 6.31. The Kier molecular flexibility index (Phi) is 6.75. The number of rotatable bonds is 6. The third-order valence-electron chi connectivity index (χ3n) is 3.28. The van der Waals surface area contributed by atoms with Crippen LogP contribution in [0.3, 0.4) is 0 Å². The van der Waals surface area contributed by atoms with Gasteiger partial charge in [-0.15, -0.1) is 5.92 Å². The smallest absolute Gasteiger partial charge is 0.162 e. The predicted molar refractivity (Wildman–Crippen MR) is 84.8 cm³/mol. The van der Waals surface area contributed by atoms with E-state index < -0.39 is 0 Å². The SMILES string of the molecule is CC#CC(C)C(C)c1cc(OCC)c(OCC)cc1Cl. The molecule has 0 radical (unpaired) electrons. The van der Waals surface area contributed by atoms with Crippen LogP contribution < -0.4 is 9.47 Å². The average molecular weight is 295 g/mol. The summed E-state index contributed by atoms with van der Waals surface area (Å²) in [5, 5.41) is 0.703. The van der Waals surface area contributed by atoms with Crippen molar-refractivity contribution >= 4 is 11.6 Å². The van der Waals surface area contributed by atoms with E-state index in [1.165, 1.54) is 0 Å². The summed E-state index contributed by atoms with van der Waals surface area (Å²) in [6.45, 7) is 11.2. The first-order valence-electron chi connectivity index (χ1n) is 7.06. The lowest BCUT2D eigenvalue weighted by Gasteiger charge is -2.20. The maximum Gasteiger partial charge on any atom is 0.162 e. The summed E-state index contributed by atoms with van der Waals surface area (Å²) in [5.74, 6) is 8.07. The molecule has 1 aromatic rings. The number of hydrogen-bond donors (Lipinski definition) is 0. The van der Waals surface area contributed by atoms with Gasteiger partial charge in [-0.05, 0) is 38.3 Å². The molecule has 0 saturated heterocycles. The molecule has 0 aromatic heterocycles. The van der Waals surface area contributed by atoms with Gasteiger partial charge >= 0.3 is 0 Å². The minimum absolute atomic E-state index is 0.241. The summed E-state index contributed by atoms with van der Waals surface area (Å²) in [7, 11) is 0. The Bertz CT molecular complexity index is 500. The molecular weight excluding hydrogens is 272 g/mol. The molecule has 2 atom stereocenters. The number of ether oxygens (including phenoxy) is 2. The van der Waals surface area contributed by atoms with Crippen LogP contribution in [0.4, 0.5) is 0 Å². The van der Waals surface area contributed by atoms with Gasteiger partial charge < -0.3 is 9.47 Å². The second-order valence-corrected chi connectivity index (χ2v) is 5.07. The second-order valence-electron chi connectivity index (χ2n) is 4.66. The molecule has 0 bridgehead atoms. The van der Waals surface area contributed by atoms with Crippen LogP contribution in [0.5, 0.6) is 11.5 Å². The molecule has 0 spiro atoms. The Morgan fingerprint density at radius 3 is 2.15 bits per heavy atom. The van der Waals surface area contributed by atoms with E-state index >= 15 is 0 Å². The van der Waals surface area contributed by atoms with Crippen LogP contribution in [-0.4, -0.2) is 13.2 Å². The first-order chi connectivity index (χ1) is 9.54. The van der Waals surface area contributed by atoms with E-state index in [-0.39, 0.29) is 11.8 Å². The van der Waals surface area contributed by atoms with Crippen molar-refractivity contribution in [2.45, 2.75) is 40.5 Å². The molecule has 1 aromatic carbocycles. The molecule has 2 nitrogen and oxygen atoms in total. The fourth-order valence-corrected chi connectivity index (χ4v) is 2.38. The maximum atomic E-state index is 6.39. The highest BCUT2D eigenvalue weighted by Crippen LogP contribution is 2.38. The molecule has 0 aliphatic carbocycles. The van der Waals surface area contributed by atoms with Crippen LogP contribution in [0, 0.1) is 17.8 Å². The van der Waals surface area contributed by atoms with Gasteiger partial charge in [0.15, 0.2) is 11.5 Å². The highest BCUT2D eigenvalue weighted by atomic mass is 35.5. The molecule has 1 rings (SSSR count). The summed E-state index contributed by atoms with van der Waals surface area (Å²) in [5.41, 5.74) is 1.05. The molecule has 0 saturated carbocycles. The van der Waals surface area contributed by atoms with Gasteiger partial charge in [0.2, 0.25) is 0 Å². The van der Waals surface area contributed by atoms with Crippen molar-refractivity contribution in [3.8, 4) is 23.3 Å². The Morgan fingerprint density at radius 1 is 1.10 bits per heavy atom. The first-order valence-corrected chi connectivity index (χ1v) is 7.44. The summed E-state index contributed by atoms with van der Waals surface area (Å²) < 4.78 is 11.2. The Morgan fingerprint density at radius 2 is 1.65 bits per heavy atom. The molecule has 0 amide bonds. The number of benzene rings is 1. The molecule has 0 N–H and O–H groups in total. The first kappa shape index (κ1) is 16.7. The van der Waals surface area contributed by atoms with E-state index in [4.69, 9.17) is 21.1 Å². The summed E-state index contributed by atoms with van der Waals surface area (Å²) in [4.78, 5) is 0. The minimum Gasteiger partial charge on any atom is -0.490 e. The predicted octanol–water partition coefficient (Wildman–Crippen LogP) is 4.90. The van der Waals surface area contributed by atoms with Crippen LogP contribution in [0.25, 0.3) is 0 Å². The zero-order valence-corrected chi connectivity index (χ0v) is 13.7. The number of halogens is 1. The summed E-state index contributed by atoms with van der Waals surface area (Å²) in [6, 6.07) is 3.82. The molecule has 110 valence electrons. The highest BCUT2D eigenvalue weighted by Gasteiger charge is 2.19. The van der Waals surface area contributed by atoms with E-state index in [0.717, 1.165) is 11.3 Å². The molecule has 0 heterocycles. The van der Waals surface area contributed by atoms with Gasteiger partial charge in [0, 0.05) is 17.0 Å². The van der Waals surface area contributed by atoms with Gasteiger partial charge in [-0.1, -0.05) is 31.4 Å². The fraction of sp³-hybridized carbons (Fsp3) is 0.529. The van der Waals surface area contributed by atoms with Gasteiger partial charge in [-0.3, -0.25) is 0 Å². The number of hydrogen-bond acceptors (Lipinski definition) is 2. The third-order valence-corrected chi connectivity index (χ3v) is 3.60. The van der Waals surface area contributed by atoms with Gasteiger partial charge in [-0.2, -0.15) is 0 Å². The lowest BCUT2D eigenvalue weighted by molar-refractivity contribution is 0.287. The minimum atomic E-state index is 0.241. The van der Waals surface area contributed by atoms with Crippen molar-refractivity contribution in [2.75, 3.05) is 13.2 Å². The lowest BCUT2D eigenvalue weighted by atomic mass is 9.89. The van der Waals surface area contributed by atoms with Crippen molar-refractivity contribution in [1.82, 2.24) is 0 Å². The molecule has 3 heteroatoms. The van der Waals surface area contributed by atoms with Crippen LogP contribution >= 0.6 is 11.6 Å². The average Bonchev–Trinajstić information content (AvgIpc) is 2.41. The van der Waals surface area contributed by atoms with E-state index in [0.29, 0.717) is 24.0 Å². The summed E-state index contributed by atoms with van der Waals surface area (Å²) in [6.07, 6.45) is 0. The van der Waals surface area contributed by atoms with Gasteiger partial charge in [-0.25, -0.2) is 0 Å². The topological polar surface area (TPSA) is 18.5 Å². The van der Waals surface area contributed by atoms with Crippen LogP contribution in [0.1, 0.15) is 46.1 Å². The van der Waals surface area contributed by atoms with Crippen molar-refractivity contribution in [3.05, 3.63) is 22.7 Å². The maximum absolute atomic E-state index is 6.39. The Labute approximate surface area is 127 Å².